The molecule has 4 aromatic rings. The summed E-state index contributed by atoms with van der Waals surface area (Å²) in [4.78, 5) is 33.7. The number of Topliss-reactive ketones (excluding diaryl/α,β-unsaturated/α-hetero) is 2. The fourth-order valence-electron chi connectivity index (χ4n) is 3.36. The molecule has 30 heavy (non-hydrogen) atoms. The smallest absolute Gasteiger partial charge is 0.188 e. The van der Waals surface area contributed by atoms with Crippen molar-refractivity contribution in [2.75, 3.05) is 0 Å². The minimum absolute atomic E-state index is 0.214. The molecule has 0 aliphatic heterocycles. The molecule has 2 aromatic carbocycles. The number of ketones is 2. The van der Waals surface area contributed by atoms with Crippen LogP contribution in [0.5, 0.6) is 0 Å². The van der Waals surface area contributed by atoms with E-state index in [0.717, 1.165) is 22.4 Å². The van der Waals surface area contributed by atoms with E-state index in [1.165, 1.54) is 0 Å². The van der Waals surface area contributed by atoms with Gasteiger partial charge in [0, 0.05) is 29.8 Å². The van der Waals surface area contributed by atoms with Gasteiger partial charge in [0.25, 0.3) is 0 Å². The molecule has 2 heterocycles. The van der Waals surface area contributed by atoms with Gasteiger partial charge in [-0.15, -0.1) is 0 Å². The minimum Gasteiger partial charge on any atom is -0.306 e. The van der Waals surface area contributed by atoms with Crippen molar-refractivity contribution in [1.82, 2.24) is 14.5 Å². The summed E-state index contributed by atoms with van der Waals surface area (Å²) in [5, 5.41) is 0. The van der Waals surface area contributed by atoms with E-state index >= 15 is 0 Å². The first-order valence-electron chi connectivity index (χ1n) is 9.74. The summed E-state index contributed by atoms with van der Waals surface area (Å²) < 4.78 is 1.86. The minimum atomic E-state index is -0.277. The third-order valence-corrected chi connectivity index (χ3v) is 4.88. The zero-order valence-corrected chi connectivity index (χ0v) is 16.7. The Morgan fingerprint density at radius 1 is 0.900 bits per heavy atom. The second-order valence-electron chi connectivity index (χ2n) is 7.26. The number of hydrogen-bond donors (Lipinski definition) is 0. The predicted molar refractivity (Wildman–Crippen MR) is 115 cm³/mol. The Morgan fingerprint density at radius 2 is 1.73 bits per heavy atom. The predicted octanol–water partition coefficient (Wildman–Crippen LogP) is 4.62. The van der Waals surface area contributed by atoms with E-state index in [2.05, 4.69) is 22.1 Å². The number of pyridine rings is 1. The molecular weight excluding hydrogens is 374 g/mol. The van der Waals surface area contributed by atoms with Gasteiger partial charge in [-0.3, -0.25) is 14.6 Å². The molecule has 0 unspecified atom stereocenters. The SMILES string of the molecule is Cc1ccnc(C(=O)CC(=O)c2cc(Cc3ccccc3)cc(-n3ccnc3)c2)c1. The normalized spacial score (nSPS) is 10.7. The first-order chi connectivity index (χ1) is 14.6. The lowest BCUT2D eigenvalue weighted by Gasteiger charge is -2.10. The van der Waals surface area contributed by atoms with E-state index < -0.39 is 0 Å². The molecule has 4 rings (SSSR count). The highest BCUT2D eigenvalue weighted by molar-refractivity contribution is 6.13. The van der Waals surface area contributed by atoms with Crippen LogP contribution in [0, 0.1) is 6.92 Å². The van der Waals surface area contributed by atoms with Gasteiger partial charge in [-0.1, -0.05) is 30.3 Å². The molecular formula is C25H21N3O2. The van der Waals surface area contributed by atoms with E-state index in [1.54, 1.807) is 30.9 Å². The summed E-state index contributed by atoms with van der Waals surface area (Å²) in [6.07, 6.45) is 7.28. The Hall–Kier alpha value is -3.86. The number of benzene rings is 2. The fourth-order valence-corrected chi connectivity index (χ4v) is 3.36. The van der Waals surface area contributed by atoms with Gasteiger partial charge in [0.05, 0.1) is 12.7 Å². The quantitative estimate of drug-likeness (QED) is 0.338. The summed E-state index contributed by atoms with van der Waals surface area (Å²) in [5.41, 5.74) is 4.75. The highest BCUT2D eigenvalue weighted by Gasteiger charge is 2.17. The first-order valence-corrected chi connectivity index (χ1v) is 9.74. The van der Waals surface area contributed by atoms with Crippen molar-refractivity contribution in [2.45, 2.75) is 19.8 Å². The molecule has 5 heteroatoms. The Labute approximate surface area is 175 Å². The summed E-state index contributed by atoms with van der Waals surface area (Å²) >= 11 is 0. The molecule has 0 radical (unpaired) electrons. The highest BCUT2D eigenvalue weighted by Crippen LogP contribution is 2.19. The maximum Gasteiger partial charge on any atom is 0.188 e. The van der Waals surface area contributed by atoms with Gasteiger partial charge in [0.15, 0.2) is 11.6 Å². The Morgan fingerprint density at radius 3 is 2.47 bits per heavy atom. The van der Waals surface area contributed by atoms with Gasteiger partial charge in [0.2, 0.25) is 0 Å². The average Bonchev–Trinajstić information content (AvgIpc) is 3.29. The van der Waals surface area contributed by atoms with Crippen molar-refractivity contribution in [3.05, 3.63) is 114 Å². The van der Waals surface area contributed by atoms with E-state index in [4.69, 9.17) is 0 Å². The van der Waals surface area contributed by atoms with E-state index in [0.29, 0.717) is 17.7 Å². The Bertz CT molecular complexity index is 1180. The summed E-state index contributed by atoms with van der Waals surface area (Å²) in [5.74, 6) is -0.499. The summed E-state index contributed by atoms with van der Waals surface area (Å²) in [6.45, 7) is 1.89. The molecule has 0 aliphatic rings. The van der Waals surface area contributed by atoms with Crippen molar-refractivity contribution in [1.29, 1.82) is 0 Å². The largest absolute Gasteiger partial charge is 0.306 e. The summed E-state index contributed by atoms with van der Waals surface area (Å²) in [7, 11) is 0. The van der Waals surface area contributed by atoms with Crippen LogP contribution in [-0.2, 0) is 6.42 Å². The number of carbonyl (C=O) groups excluding carboxylic acids is 2. The van der Waals surface area contributed by atoms with Crippen molar-refractivity contribution >= 4 is 11.6 Å². The Kier molecular flexibility index (Phi) is 5.61. The van der Waals surface area contributed by atoms with E-state index in [9.17, 15) is 9.59 Å². The van der Waals surface area contributed by atoms with Crippen molar-refractivity contribution in [3.8, 4) is 5.69 Å². The fraction of sp³-hybridized carbons (Fsp3) is 0.120. The van der Waals surface area contributed by atoms with Crippen molar-refractivity contribution in [2.24, 2.45) is 0 Å². The number of aromatic nitrogens is 3. The number of aryl methyl sites for hydroxylation is 1. The van der Waals surface area contributed by atoms with Crippen LogP contribution in [0.25, 0.3) is 5.69 Å². The van der Waals surface area contributed by atoms with Gasteiger partial charge < -0.3 is 4.57 Å². The average molecular weight is 395 g/mol. The number of imidazole rings is 1. The number of nitrogens with zero attached hydrogens (tertiary/aromatic N) is 3. The number of carbonyl (C=O) groups is 2. The van der Waals surface area contributed by atoms with Gasteiger partial charge in [-0.2, -0.15) is 0 Å². The molecule has 148 valence electrons. The standard InChI is InChI=1S/C25H21N3O2/c1-18-7-8-27-23(11-18)25(30)16-24(29)21-13-20(12-19-5-3-2-4-6-19)14-22(15-21)28-10-9-26-17-28/h2-11,13-15,17H,12,16H2,1H3. The van der Waals surface area contributed by atoms with Gasteiger partial charge in [-0.25, -0.2) is 4.98 Å². The lowest BCUT2D eigenvalue weighted by molar-refractivity contribution is 0.0891. The van der Waals surface area contributed by atoms with Gasteiger partial charge in [-0.05, 0) is 60.4 Å². The third-order valence-electron chi connectivity index (χ3n) is 4.88. The molecule has 5 nitrogen and oxygen atoms in total. The van der Waals surface area contributed by atoms with Crippen LogP contribution < -0.4 is 0 Å². The zero-order valence-electron chi connectivity index (χ0n) is 16.7. The molecule has 0 fully saturated rings. The van der Waals surface area contributed by atoms with Crippen LogP contribution in [0.4, 0.5) is 0 Å². The topological polar surface area (TPSA) is 64.8 Å². The zero-order chi connectivity index (χ0) is 20.9. The van der Waals surface area contributed by atoms with Crippen LogP contribution in [-0.4, -0.2) is 26.1 Å². The molecule has 0 N–H and O–H groups in total. The first kappa shape index (κ1) is 19.5. The molecule has 2 aromatic heterocycles. The Balaban J connectivity index is 1.64. The molecule has 0 saturated heterocycles. The second kappa shape index (κ2) is 8.66. The van der Waals surface area contributed by atoms with E-state index in [-0.39, 0.29) is 18.0 Å². The van der Waals surface area contributed by atoms with Crippen LogP contribution in [0.15, 0.2) is 85.6 Å². The molecule has 0 saturated carbocycles. The second-order valence-corrected chi connectivity index (χ2v) is 7.26. The lowest BCUT2D eigenvalue weighted by atomic mass is 9.97. The molecule has 0 spiro atoms. The molecule has 0 amide bonds. The van der Waals surface area contributed by atoms with Crippen molar-refractivity contribution < 1.29 is 9.59 Å². The maximum atomic E-state index is 13.0. The monoisotopic (exact) mass is 395 g/mol. The molecule has 0 aliphatic carbocycles. The van der Waals surface area contributed by atoms with Gasteiger partial charge in [0.1, 0.15) is 5.69 Å². The third kappa shape index (κ3) is 4.58. The summed E-state index contributed by atoms with van der Waals surface area (Å²) in [6, 6.07) is 19.3. The molecule has 0 bridgehead atoms. The maximum absolute atomic E-state index is 13.0. The van der Waals surface area contributed by atoms with Crippen LogP contribution in [0.2, 0.25) is 0 Å². The lowest BCUT2D eigenvalue weighted by Crippen LogP contribution is -2.11. The van der Waals surface area contributed by atoms with Gasteiger partial charge >= 0.3 is 0 Å². The number of rotatable bonds is 7. The molecule has 0 atom stereocenters. The van der Waals surface area contributed by atoms with Crippen LogP contribution >= 0.6 is 0 Å². The van der Waals surface area contributed by atoms with Crippen LogP contribution in [0.3, 0.4) is 0 Å². The highest BCUT2D eigenvalue weighted by atomic mass is 16.1. The van der Waals surface area contributed by atoms with Crippen LogP contribution in [0.1, 0.15) is 44.0 Å². The van der Waals surface area contributed by atoms with E-state index in [1.807, 2.05) is 54.1 Å². The van der Waals surface area contributed by atoms with Crippen molar-refractivity contribution in [3.63, 3.8) is 0 Å². The number of hydrogen-bond acceptors (Lipinski definition) is 4.